The lowest BCUT2D eigenvalue weighted by molar-refractivity contribution is 0.415. The van der Waals surface area contributed by atoms with E-state index in [1.807, 2.05) is 6.92 Å². The molecule has 108 valence electrons. The van der Waals surface area contributed by atoms with Crippen molar-refractivity contribution in [3.8, 4) is 0 Å². The van der Waals surface area contributed by atoms with Crippen LogP contribution in [0, 0.1) is 5.82 Å². The Kier molecular flexibility index (Phi) is 5.90. The third-order valence-corrected chi connectivity index (χ3v) is 4.97. The van der Waals surface area contributed by atoms with Gasteiger partial charge < -0.3 is 5.73 Å². The van der Waals surface area contributed by atoms with E-state index in [2.05, 4.69) is 0 Å². The molecule has 0 unspecified atom stereocenters. The number of nitrogens with zero attached hydrogens (tertiary/aromatic N) is 1. The molecule has 0 bridgehead atoms. The molecule has 0 saturated carbocycles. The molecule has 0 aliphatic carbocycles. The molecule has 4 nitrogen and oxygen atoms in total. The maximum Gasteiger partial charge on any atom is 0.245 e. The minimum absolute atomic E-state index is 0.185. The molecule has 0 aliphatic heterocycles. The van der Waals surface area contributed by atoms with Crippen molar-refractivity contribution in [3.63, 3.8) is 0 Å². The number of hydrogen-bond acceptors (Lipinski definition) is 3. The van der Waals surface area contributed by atoms with E-state index in [4.69, 9.17) is 5.73 Å². The highest BCUT2D eigenvalue weighted by Crippen LogP contribution is 2.20. The summed E-state index contributed by atoms with van der Waals surface area (Å²) < 4.78 is 39.9. The number of sulfonamides is 1. The molecular formula is C13H21FN2O2S. The van der Waals surface area contributed by atoms with E-state index in [0.29, 0.717) is 18.7 Å². The van der Waals surface area contributed by atoms with Crippen LogP contribution in [-0.2, 0) is 16.6 Å². The van der Waals surface area contributed by atoms with Crippen LogP contribution in [0.3, 0.4) is 0 Å². The van der Waals surface area contributed by atoms with E-state index in [0.717, 1.165) is 12.8 Å². The summed E-state index contributed by atoms with van der Waals surface area (Å²) in [6, 6.07) is 4.02. The van der Waals surface area contributed by atoms with Crippen molar-refractivity contribution >= 4 is 10.0 Å². The predicted molar refractivity (Wildman–Crippen MR) is 73.6 cm³/mol. The molecular weight excluding hydrogens is 267 g/mol. The Morgan fingerprint density at radius 1 is 1.32 bits per heavy atom. The standard InChI is InChI=1S/C13H21FN2O2S/c1-3-5-8-16(4-2)19(17,18)13-7-6-11(10-15)9-12(13)14/h6-7,9H,3-5,8,10,15H2,1-2H3. The van der Waals surface area contributed by atoms with E-state index in [1.165, 1.54) is 16.4 Å². The lowest BCUT2D eigenvalue weighted by Crippen LogP contribution is -2.32. The SMILES string of the molecule is CCCCN(CC)S(=O)(=O)c1ccc(CN)cc1F. The summed E-state index contributed by atoms with van der Waals surface area (Å²) in [6.45, 7) is 4.66. The van der Waals surface area contributed by atoms with E-state index in [-0.39, 0.29) is 11.4 Å². The number of unbranched alkanes of at least 4 members (excludes halogenated alkanes) is 1. The summed E-state index contributed by atoms with van der Waals surface area (Å²) in [5, 5.41) is 0. The van der Waals surface area contributed by atoms with Crippen LogP contribution in [0.25, 0.3) is 0 Å². The summed E-state index contributed by atoms with van der Waals surface area (Å²) in [4.78, 5) is -0.275. The molecule has 1 aromatic carbocycles. The number of hydrogen-bond donors (Lipinski definition) is 1. The van der Waals surface area contributed by atoms with Gasteiger partial charge in [-0.15, -0.1) is 0 Å². The van der Waals surface area contributed by atoms with Gasteiger partial charge >= 0.3 is 0 Å². The minimum Gasteiger partial charge on any atom is -0.326 e. The predicted octanol–water partition coefficient (Wildman–Crippen LogP) is 2.10. The van der Waals surface area contributed by atoms with Gasteiger partial charge in [-0.05, 0) is 24.1 Å². The van der Waals surface area contributed by atoms with Crippen LogP contribution < -0.4 is 5.73 Å². The fourth-order valence-corrected chi connectivity index (χ4v) is 3.34. The fraction of sp³-hybridized carbons (Fsp3) is 0.538. The quantitative estimate of drug-likeness (QED) is 0.835. The summed E-state index contributed by atoms with van der Waals surface area (Å²) in [5.74, 6) is -0.738. The molecule has 0 saturated heterocycles. The van der Waals surface area contributed by atoms with Gasteiger partial charge in [0.15, 0.2) is 0 Å². The van der Waals surface area contributed by atoms with Gasteiger partial charge in [-0.2, -0.15) is 4.31 Å². The van der Waals surface area contributed by atoms with Crippen LogP contribution in [0.2, 0.25) is 0 Å². The zero-order valence-electron chi connectivity index (χ0n) is 11.4. The Labute approximate surface area is 114 Å². The van der Waals surface area contributed by atoms with Crippen LogP contribution in [0.4, 0.5) is 4.39 Å². The highest BCUT2D eigenvalue weighted by atomic mass is 32.2. The largest absolute Gasteiger partial charge is 0.326 e. The third kappa shape index (κ3) is 3.75. The average Bonchev–Trinajstić information content (AvgIpc) is 2.38. The maximum absolute atomic E-state index is 13.9. The van der Waals surface area contributed by atoms with Gasteiger partial charge in [0.2, 0.25) is 10.0 Å². The second-order valence-corrected chi connectivity index (χ2v) is 6.23. The normalized spacial score (nSPS) is 12.1. The molecule has 0 radical (unpaired) electrons. The van der Waals surface area contributed by atoms with Crippen LogP contribution in [0.5, 0.6) is 0 Å². The van der Waals surface area contributed by atoms with Crippen molar-refractivity contribution in [2.75, 3.05) is 13.1 Å². The van der Waals surface area contributed by atoms with Crippen molar-refractivity contribution < 1.29 is 12.8 Å². The molecule has 0 amide bonds. The van der Waals surface area contributed by atoms with E-state index in [1.54, 1.807) is 13.0 Å². The maximum atomic E-state index is 13.9. The van der Waals surface area contributed by atoms with E-state index >= 15 is 0 Å². The van der Waals surface area contributed by atoms with Crippen molar-refractivity contribution in [3.05, 3.63) is 29.6 Å². The van der Waals surface area contributed by atoms with Crippen molar-refractivity contribution in [1.82, 2.24) is 4.31 Å². The Bertz CT molecular complexity index is 517. The first kappa shape index (κ1) is 16.1. The van der Waals surface area contributed by atoms with Crippen molar-refractivity contribution in [2.45, 2.75) is 38.1 Å². The van der Waals surface area contributed by atoms with Gasteiger partial charge in [0.25, 0.3) is 0 Å². The average molecular weight is 288 g/mol. The van der Waals surface area contributed by atoms with Crippen molar-refractivity contribution in [1.29, 1.82) is 0 Å². The van der Waals surface area contributed by atoms with Crippen LogP contribution >= 0.6 is 0 Å². The summed E-state index contributed by atoms with van der Waals surface area (Å²) in [6.07, 6.45) is 1.65. The zero-order valence-corrected chi connectivity index (χ0v) is 12.2. The summed E-state index contributed by atoms with van der Waals surface area (Å²) in [5.41, 5.74) is 5.98. The summed E-state index contributed by atoms with van der Waals surface area (Å²) >= 11 is 0. The second-order valence-electron chi connectivity index (χ2n) is 4.32. The van der Waals surface area contributed by atoms with Crippen LogP contribution in [-0.4, -0.2) is 25.8 Å². The molecule has 0 aromatic heterocycles. The topological polar surface area (TPSA) is 63.4 Å². The van der Waals surface area contributed by atoms with Gasteiger partial charge in [0.05, 0.1) is 0 Å². The molecule has 2 N–H and O–H groups in total. The third-order valence-electron chi connectivity index (χ3n) is 2.96. The Morgan fingerprint density at radius 2 is 2.00 bits per heavy atom. The van der Waals surface area contributed by atoms with E-state index < -0.39 is 15.8 Å². The molecule has 0 spiro atoms. The Morgan fingerprint density at radius 3 is 2.47 bits per heavy atom. The van der Waals surface area contributed by atoms with Crippen LogP contribution in [0.15, 0.2) is 23.1 Å². The highest BCUT2D eigenvalue weighted by Gasteiger charge is 2.25. The monoisotopic (exact) mass is 288 g/mol. The zero-order chi connectivity index (χ0) is 14.5. The number of rotatable bonds is 7. The first-order chi connectivity index (χ1) is 8.97. The molecule has 0 heterocycles. The minimum atomic E-state index is -3.76. The van der Waals surface area contributed by atoms with Gasteiger partial charge in [0.1, 0.15) is 10.7 Å². The summed E-state index contributed by atoms with van der Waals surface area (Å²) in [7, 11) is -3.76. The second kappa shape index (κ2) is 6.98. The Balaban J connectivity index is 3.11. The van der Waals surface area contributed by atoms with Crippen molar-refractivity contribution in [2.24, 2.45) is 5.73 Å². The fourth-order valence-electron chi connectivity index (χ4n) is 1.80. The van der Waals surface area contributed by atoms with Gasteiger partial charge in [-0.25, -0.2) is 12.8 Å². The first-order valence-corrected chi connectivity index (χ1v) is 7.90. The molecule has 1 rings (SSSR count). The first-order valence-electron chi connectivity index (χ1n) is 6.46. The molecule has 0 atom stereocenters. The smallest absolute Gasteiger partial charge is 0.245 e. The number of halogens is 1. The van der Waals surface area contributed by atoms with Gasteiger partial charge in [-0.1, -0.05) is 26.3 Å². The molecule has 0 fully saturated rings. The molecule has 19 heavy (non-hydrogen) atoms. The highest BCUT2D eigenvalue weighted by molar-refractivity contribution is 7.89. The molecule has 1 aromatic rings. The van der Waals surface area contributed by atoms with Crippen LogP contribution in [0.1, 0.15) is 32.3 Å². The molecule has 6 heteroatoms. The lowest BCUT2D eigenvalue weighted by Gasteiger charge is -2.20. The van der Waals surface area contributed by atoms with E-state index in [9.17, 15) is 12.8 Å². The molecule has 0 aliphatic rings. The van der Waals surface area contributed by atoms with Gasteiger partial charge in [0, 0.05) is 19.6 Å². The number of benzene rings is 1. The Hall–Kier alpha value is -0.980. The lowest BCUT2D eigenvalue weighted by atomic mass is 10.2. The number of nitrogens with two attached hydrogens (primary N) is 1. The van der Waals surface area contributed by atoms with Gasteiger partial charge in [-0.3, -0.25) is 0 Å².